The molecule has 150 valence electrons. The number of carbonyl (C=O) groups excluding carboxylic acids is 1. The van der Waals surface area contributed by atoms with E-state index in [1.54, 1.807) is 25.3 Å². The van der Waals surface area contributed by atoms with Crippen molar-refractivity contribution in [2.24, 2.45) is 5.92 Å². The van der Waals surface area contributed by atoms with Crippen molar-refractivity contribution in [1.29, 1.82) is 0 Å². The Bertz CT molecular complexity index is 1190. The number of aromatic nitrogens is 3. The summed E-state index contributed by atoms with van der Waals surface area (Å²) in [7, 11) is 0. The van der Waals surface area contributed by atoms with E-state index in [9.17, 15) is 14.0 Å². The zero-order valence-electron chi connectivity index (χ0n) is 16.5. The molecule has 2 fully saturated rings. The van der Waals surface area contributed by atoms with Gasteiger partial charge in [-0.25, -0.2) is 8.91 Å². The molecule has 1 atom stereocenters. The Kier molecular flexibility index (Phi) is 4.08. The number of hydrogen-bond acceptors (Lipinski definition) is 3. The van der Waals surface area contributed by atoms with Crippen LogP contribution in [-0.4, -0.2) is 26.5 Å². The Balaban J connectivity index is 1.60. The first-order valence-electron chi connectivity index (χ1n) is 10.2. The van der Waals surface area contributed by atoms with Gasteiger partial charge in [-0.05, 0) is 63.0 Å². The molecule has 2 saturated carbocycles. The minimum absolute atomic E-state index is 0.101. The quantitative estimate of drug-likeness (QED) is 0.695. The summed E-state index contributed by atoms with van der Waals surface area (Å²) in [6.07, 6.45) is 5.83. The van der Waals surface area contributed by atoms with Gasteiger partial charge in [0, 0.05) is 17.2 Å². The van der Waals surface area contributed by atoms with Crippen LogP contribution in [0.25, 0.3) is 16.8 Å². The van der Waals surface area contributed by atoms with Crippen LogP contribution in [0, 0.1) is 18.7 Å². The standard InChI is InChI=1S/C22H23FN4O2/c1-11-3-4-15(9-16(11)23)17-10-27-20(22(29)25-17)18(14-7-8-14)19(26-27)21(28)24-12(2)13-5-6-13/h3-4,9-10,12-14H,5-8H2,1-2H3,(H,24,28)(H,25,29)/t12-/m1/s1. The molecule has 0 unspecified atom stereocenters. The number of rotatable bonds is 5. The third-order valence-electron chi connectivity index (χ3n) is 6.03. The van der Waals surface area contributed by atoms with Crippen molar-refractivity contribution in [1.82, 2.24) is 19.9 Å². The molecule has 3 aromatic rings. The van der Waals surface area contributed by atoms with Gasteiger partial charge in [0.15, 0.2) is 5.69 Å². The number of aromatic amines is 1. The Hall–Kier alpha value is -2.96. The van der Waals surface area contributed by atoms with E-state index >= 15 is 0 Å². The summed E-state index contributed by atoms with van der Waals surface area (Å²) in [5, 5.41) is 7.53. The molecule has 7 heteroatoms. The van der Waals surface area contributed by atoms with Crippen molar-refractivity contribution in [3.05, 3.63) is 57.4 Å². The molecule has 1 aromatic carbocycles. The van der Waals surface area contributed by atoms with Crippen LogP contribution in [0.1, 0.15) is 60.1 Å². The minimum atomic E-state index is -0.336. The van der Waals surface area contributed by atoms with Gasteiger partial charge >= 0.3 is 0 Å². The average Bonchev–Trinajstić information content (AvgIpc) is 3.60. The van der Waals surface area contributed by atoms with Crippen molar-refractivity contribution in [3.8, 4) is 11.3 Å². The Morgan fingerprint density at radius 3 is 2.72 bits per heavy atom. The number of amides is 1. The van der Waals surface area contributed by atoms with Gasteiger partial charge in [-0.3, -0.25) is 9.59 Å². The number of H-pyrrole nitrogens is 1. The van der Waals surface area contributed by atoms with E-state index < -0.39 is 0 Å². The molecule has 6 nitrogen and oxygen atoms in total. The number of hydrogen-bond donors (Lipinski definition) is 2. The molecular weight excluding hydrogens is 371 g/mol. The molecule has 2 heterocycles. The van der Waals surface area contributed by atoms with Crippen molar-refractivity contribution in [2.45, 2.75) is 51.5 Å². The molecular formula is C22H23FN4O2. The molecule has 0 radical (unpaired) electrons. The van der Waals surface area contributed by atoms with Crippen LogP contribution < -0.4 is 10.9 Å². The van der Waals surface area contributed by atoms with E-state index in [4.69, 9.17) is 0 Å². The first-order valence-corrected chi connectivity index (χ1v) is 10.2. The number of fused-ring (bicyclic) bond motifs is 1. The lowest BCUT2D eigenvalue weighted by Crippen LogP contribution is -2.34. The van der Waals surface area contributed by atoms with E-state index in [2.05, 4.69) is 15.4 Å². The van der Waals surface area contributed by atoms with Gasteiger partial charge in [0.2, 0.25) is 0 Å². The van der Waals surface area contributed by atoms with Crippen LogP contribution in [0.5, 0.6) is 0 Å². The van der Waals surface area contributed by atoms with E-state index in [0.717, 1.165) is 31.2 Å². The fraction of sp³-hybridized carbons (Fsp3) is 0.409. The van der Waals surface area contributed by atoms with E-state index in [-0.39, 0.29) is 29.2 Å². The molecule has 0 saturated heterocycles. The van der Waals surface area contributed by atoms with Crippen LogP contribution in [0.2, 0.25) is 0 Å². The predicted molar refractivity (Wildman–Crippen MR) is 108 cm³/mol. The van der Waals surface area contributed by atoms with Gasteiger partial charge < -0.3 is 10.3 Å². The predicted octanol–water partition coefficient (Wildman–Crippen LogP) is 3.54. The zero-order chi connectivity index (χ0) is 20.3. The van der Waals surface area contributed by atoms with Crippen LogP contribution in [0.4, 0.5) is 4.39 Å². The second kappa shape index (κ2) is 6.54. The Morgan fingerprint density at radius 1 is 1.31 bits per heavy atom. The fourth-order valence-electron chi connectivity index (χ4n) is 3.93. The van der Waals surface area contributed by atoms with Gasteiger partial charge in [0.05, 0.1) is 11.9 Å². The number of halogens is 1. The minimum Gasteiger partial charge on any atom is -0.348 e. The second-order valence-electron chi connectivity index (χ2n) is 8.39. The molecule has 0 spiro atoms. The smallest absolute Gasteiger partial charge is 0.274 e. The van der Waals surface area contributed by atoms with Crippen LogP contribution in [0.3, 0.4) is 0 Å². The number of benzene rings is 1. The maximum Gasteiger partial charge on any atom is 0.274 e. The van der Waals surface area contributed by atoms with Crippen LogP contribution in [-0.2, 0) is 0 Å². The Morgan fingerprint density at radius 2 is 2.07 bits per heavy atom. The highest BCUT2D eigenvalue weighted by Gasteiger charge is 2.36. The summed E-state index contributed by atoms with van der Waals surface area (Å²) in [4.78, 5) is 28.7. The van der Waals surface area contributed by atoms with E-state index in [1.807, 2.05) is 6.92 Å². The molecule has 2 aliphatic carbocycles. The second-order valence-corrected chi connectivity index (χ2v) is 8.39. The van der Waals surface area contributed by atoms with Gasteiger partial charge in [-0.1, -0.05) is 12.1 Å². The summed E-state index contributed by atoms with van der Waals surface area (Å²) >= 11 is 0. The summed E-state index contributed by atoms with van der Waals surface area (Å²) in [5.74, 6) is 0.161. The zero-order valence-corrected chi connectivity index (χ0v) is 16.5. The van der Waals surface area contributed by atoms with Gasteiger partial charge in [0.25, 0.3) is 11.5 Å². The lowest BCUT2D eigenvalue weighted by atomic mass is 10.1. The SMILES string of the molecule is Cc1ccc(-c2cn3nc(C(=O)N[C@H](C)C4CC4)c(C4CC4)c3c(=O)[nH]2)cc1F. The average molecular weight is 394 g/mol. The van der Waals surface area contributed by atoms with Crippen molar-refractivity contribution in [2.75, 3.05) is 0 Å². The molecule has 2 N–H and O–H groups in total. The normalized spacial score (nSPS) is 17.5. The number of nitrogens with zero attached hydrogens (tertiary/aromatic N) is 2. The first kappa shape index (κ1) is 18.1. The Labute approximate surface area is 167 Å². The van der Waals surface area contributed by atoms with E-state index in [0.29, 0.717) is 33.9 Å². The highest BCUT2D eigenvalue weighted by Crippen LogP contribution is 2.43. The van der Waals surface area contributed by atoms with Crippen LogP contribution in [0.15, 0.2) is 29.2 Å². The summed E-state index contributed by atoms with van der Waals surface area (Å²) in [6, 6.07) is 4.92. The van der Waals surface area contributed by atoms with Crippen molar-refractivity contribution >= 4 is 11.4 Å². The van der Waals surface area contributed by atoms with Gasteiger partial charge in [-0.15, -0.1) is 0 Å². The first-order chi connectivity index (χ1) is 13.9. The maximum atomic E-state index is 14.0. The third kappa shape index (κ3) is 3.24. The molecule has 1 amide bonds. The maximum absolute atomic E-state index is 14.0. The molecule has 5 rings (SSSR count). The largest absolute Gasteiger partial charge is 0.348 e. The van der Waals surface area contributed by atoms with Crippen LogP contribution >= 0.6 is 0 Å². The number of nitrogens with one attached hydrogen (secondary N) is 2. The number of carbonyl (C=O) groups is 1. The number of aryl methyl sites for hydroxylation is 1. The van der Waals surface area contributed by atoms with Crippen molar-refractivity contribution in [3.63, 3.8) is 0 Å². The van der Waals surface area contributed by atoms with Gasteiger partial charge in [0.1, 0.15) is 11.3 Å². The lowest BCUT2D eigenvalue weighted by Gasteiger charge is -2.12. The molecule has 0 aliphatic heterocycles. The highest BCUT2D eigenvalue weighted by molar-refractivity contribution is 5.96. The van der Waals surface area contributed by atoms with E-state index in [1.165, 1.54) is 10.6 Å². The highest BCUT2D eigenvalue weighted by atomic mass is 19.1. The molecule has 2 aromatic heterocycles. The monoisotopic (exact) mass is 394 g/mol. The van der Waals surface area contributed by atoms with Gasteiger partial charge in [-0.2, -0.15) is 5.10 Å². The molecule has 2 aliphatic rings. The fourth-order valence-corrected chi connectivity index (χ4v) is 3.93. The third-order valence-corrected chi connectivity index (χ3v) is 6.03. The summed E-state index contributed by atoms with van der Waals surface area (Å²) in [6.45, 7) is 3.70. The summed E-state index contributed by atoms with van der Waals surface area (Å²) in [5.41, 5.74) is 2.72. The topological polar surface area (TPSA) is 79.3 Å². The van der Waals surface area contributed by atoms with Crippen molar-refractivity contribution < 1.29 is 9.18 Å². The lowest BCUT2D eigenvalue weighted by molar-refractivity contribution is 0.0929. The molecule has 29 heavy (non-hydrogen) atoms. The molecule has 0 bridgehead atoms. The summed E-state index contributed by atoms with van der Waals surface area (Å²) < 4.78 is 15.5.